The molecule has 4 heteroatoms. The topological polar surface area (TPSA) is 42.7 Å². The molecule has 0 aliphatic rings. The van der Waals surface area contributed by atoms with Gasteiger partial charge in [0.25, 0.3) is 0 Å². The molecular weight excluding hydrogens is 260 g/mol. The number of pyridine rings is 1. The Bertz CT molecular complexity index is 758. The van der Waals surface area contributed by atoms with Crippen LogP contribution in [-0.4, -0.2) is 14.8 Å². The Balaban J connectivity index is 1.80. The van der Waals surface area contributed by atoms with Gasteiger partial charge in [-0.25, -0.2) is 0 Å². The Kier molecular flexibility index (Phi) is 3.60. The molecule has 0 amide bonds. The lowest BCUT2D eigenvalue weighted by molar-refractivity contribution is 0.712. The molecule has 1 N–H and O–H groups in total. The van der Waals surface area contributed by atoms with Crippen molar-refractivity contribution in [1.29, 1.82) is 0 Å². The molecule has 21 heavy (non-hydrogen) atoms. The summed E-state index contributed by atoms with van der Waals surface area (Å²) in [5, 5.41) is 9.17. The fourth-order valence-electron chi connectivity index (χ4n) is 2.56. The first-order chi connectivity index (χ1) is 10.1. The molecule has 1 aromatic carbocycles. The van der Waals surface area contributed by atoms with E-state index in [2.05, 4.69) is 53.6 Å². The first-order valence-corrected chi connectivity index (χ1v) is 7.24. The van der Waals surface area contributed by atoms with Crippen molar-refractivity contribution >= 4 is 16.6 Å². The lowest BCUT2D eigenvalue weighted by Gasteiger charge is -2.09. The Hall–Kier alpha value is -2.36. The molecule has 3 aromatic rings. The first-order valence-electron chi connectivity index (χ1n) is 7.24. The number of benzene rings is 1. The van der Waals surface area contributed by atoms with Crippen molar-refractivity contribution in [3.8, 4) is 0 Å². The third kappa shape index (κ3) is 2.89. The second kappa shape index (κ2) is 5.56. The minimum Gasteiger partial charge on any atom is -0.381 e. The number of nitrogens with one attached hydrogen (secondary N) is 1. The Morgan fingerprint density at radius 2 is 2.10 bits per heavy atom. The summed E-state index contributed by atoms with van der Waals surface area (Å²) < 4.78 is 1.89. The van der Waals surface area contributed by atoms with Crippen LogP contribution in [0, 0.1) is 0 Å². The van der Waals surface area contributed by atoms with E-state index >= 15 is 0 Å². The van der Waals surface area contributed by atoms with Crippen molar-refractivity contribution in [3.05, 3.63) is 54.0 Å². The van der Waals surface area contributed by atoms with E-state index in [9.17, 15) is 0 Å². The summed E-state index contributed by atoms with van der Waals surface area (Å²) in [4.78, 5) is 4.34. The Morgan fingerprint density at radius 1 is 1.24 bits per heavy atom. The lowest BCUT2D eigenvalue weighted by Crippen LogP contribution is -2.02. The van der Waals surface area contributed by atoms with E-state index in [1.807, 2.05) is 30.1 Å². The van der Waals surface area contributed by atoms with Gasteiger partial charge < -0.3 is 5.32 Å². The van der Waals surface area contributed by atoms with Crippen LogP contribution in [0.5, 0.6) is 0 Å². The number of anilines is 1. The van der Waals surface area contributed by atoms with Gasteiger partial charge in [0.05, 0.1) is 11.2 Å². The van der Waals surface area contributed by atoms with Gasteiger partial charge in [0.1, 0.15) is 0 Å². The van der Waals surface area contributed by atoms with Crippen molar-refractivity contribution in [1.82, 2.24) is 14.8 Å². The number of hydrogen-bond acceptors (Lipinski definition) is 3. The van der Waals surface area contributed by atoms with E-state index in [-0.39, 0.29) is 0 Å². The maximum Gasteiger partial charge on any atom is 0.0703 e. The molecule has 0 saturated heterocycles. The van der Waals surface area contributed by atoms with Crippen LogP contribution < -0.4 is 5.32 Å². The zero-order chi connectivity index (χ0) is 14.8. The second-order valence-corrected chi connectivity index (χ2v) is 5.63. The summed E-state index contributed by atoms with van der Waals surface area (Å²) in [6.45, 7) is 5.13. The highest BCUT2D eigenvalue weighted by molar-refractivity contribution is 5.82. The van der Waals surface area contributed by atoms with Gasteiger partial charge in [-0.05, 0) is 30.2 Å². The number of aryl methyl sites for hydroxylation is 1. The van der Waals surface area contributed by atoms with Gasteiger partial charge >= 0.3 is 0 Å². The van der Waals surface area contributed by atoms with Crippen LogP contribution in [-0.2, 0) is 13.6 Å². The smallest absolute Gasteiger partial charge is 0.0703 e. The van der Waals surface area contributed by atoms with Crippen LogP contribution in [0.2, 0.25) is 0 Å². The van der Waals surface area contributed by atoms with E-state index in [1.54, 1.807) is 0 Å². The van der Waals surface area contributed by atoms with E-state index in [0.717, 1.165) is 28.8 Å². The SMILES string of the molecule is CC(C)c1nn(C)cc1CNc1ccc2ncccc2c1. The van der Waals surface area contributed by atoms with Crippen molar-refractivity contribution in [2.45, 2.75) is 26.3 Å². The normalized spacial score (nSPS) is 11.2. The third-order valence-corrected chi connectivity index (χ3v) is 3.57. The summed E-state index contributed by atoms with van der Waals surface area (Å²) >= 11 is 0. The maximum absolute atomic E-state index is 4.54. The highest BCUT2D eigenvalue weighted by Gasteiger charge is 2.11. The van der Waals surface area contributed by atoms with Gasteiger partial charge in [-0.15, -0.1) is 0 Å². The number of aromatic nitrogens is 3. The predicted molar refractivity (Wildman–Crippen MR) is 86.4 cm³/mol. The quantitative estimate of drug-likeness (QED) is 0.792. The monoisotopic (exact) mass is 280 g/mol. The summed E-state index contributed by atoms with van der Waals surface area (Å²) in [6.07, 6.45) is 3.91. The molecule has 3 rings (SSSR count). The van der Waals surface area contributed by atoms with Crippen molar-refractivity contribution < 1.29 is 0 Å². The minimum atomic E-state index is 0.434. The highest BCUT2D eigenvalue weighted by atomic mass is 15.3. The summed E-state index contributed by atoms with van der Waals surface area (Å²) in [7, 11) is 1.97. The molecule has 0 spiro atoms. The number of fused-ring (bicyclic) bond motifs is 1. The predicted octanol–water partition coefficient (Wildman–Crippen LogP) is 3.70. The number of hydrogen-bond donors (Lipinski definition) is 1. The van der Waals surface area contributed by atoms with E-state index < -0.39 is 0 Å². The molecule has 0 aliphatic carbocycles. The van der Waals surface area contributed by atoms with Crippen LogP contribution in [0.4, 0.5) is 5.69 Å². The van der Waals surface area contributed by atoms with Gasteiger partial charge in [0.2, 0.25) is 0 Å². The summed E-state index contributed by atoms with van der Waals surface area (Å²) in [6, 6.07) is 10.3. The van der Waals surface area contributed by atoms with Gasteiger partial charge in [0, 0.05) is 42.6 Å². The average Bonchev–Trinajstić information content (AvgIpc) is 2.86. The molecule has 108 valence electrons. The number of nitrogens with zero attached hydrogens (tertiary/aromatic N) is 3. The van der Waals surface area contributed by atoms with Crippen LogP contribution in [0.3, 0.4) is 0 Å². The molecule has 2 heterocycles. The lowest BCUT2D eigenvalue weighted by atomic mass is 10.1. The van der Waals surface area contributed by atoms with E-state index in [1.165, 1.54) is 5.56 Å². The molecule has 0 bridgehead atoms. The Morgan fingerprint density at radius 3 is 2.90 bits per heavy atom. The molecule has 2 aromatic heterocycles. The van der Waals surface area contributed by atoms with Crippen LogP contribution in [0.1, 0.15) is 31.0 Å². The zero-order valence-electron chi connectivity index (χ0n) is 12.7. The third-order valence-electron chi connectivity index (χ3n) is 3.57. The molecule has 0 fully saturated rings. The summed E-state index contributed by atoms with van der Waals surface area (Å²) in [5.41, 5.74) is 4.53. The molecule has 0 saturated carbocycles. The van der Waals surface area contributed by atoms with Crippen molar-refractivity contribution in [3.63, 3.8) is 0 Å². The first kappa shape index (κ1) is 13.6. The van der Waals surface area contributed by atoms with Crippen LogP contribution in [0.25, 0.3) is 10.9 Å². The molecule has 0 aliphatic heterocycles. The Labute approximate surface area is 124 Å². The fraction of sp³-hybridized carbons (Fsp3) is 0.294. The fourth-order valence-corrected chi connectivity index (χ4v) is 2.56. The van der Waals surface area contributed by atoms with E-state index in [4.69, 9.17) is 0 Å². The minimum absolute atomic E-state index is 0.434. The molecule has 0 atom stereocenters. The van der Waals surface area contributed by atoms with Gasteiger partial charge in [0.15, 0.2) is 0 Å². The van der Waals surface area contributed by atoms with Gasteiger partial charge in [-0.2, -0.15) is 5.10 Å². The molecule has 0 radical (unpaired) electrons. The standard InChI is InChI=1S/C17H20N4/c1-12(2)17-14(11-21(3)20-17)10-19-15-6-7-16-13(9-15)5-4-8-18-16/h4-9,11-12,19H,10H2,1-3H3. The highest BCUT2D eigenvalue weighted by Crippen LogP contribution is 2.20. The van der Waals surface area contributed by atoms with E-state index in [0.29, 0.717) is 5.92 Å². The maximum atomic E-state index is 4.54. The zero-order valence-corrected chi connectivity index (χ0v) is 12.7. The number of rotatable bonds is 4. The van der Waals surface area contributed by atoms with Crippen molar-refractivity contribution in [2.24, 2.45) is 7.05 Å². The van der Waals surface area contributed by atoms with Gasteiger partial charge in [-0.3, -0.25) is 9.67 Å². The second-order valence-electron chi connectivity index (χ2n) is 5.63. The molecular formula is C17H20N4. The molecule has 4 nitrogen and oxygen atoms in total. The van der Waals surface area contributed by atoms with Crippen LogP contribution >= 0.6 is 0 Å². The summed E-state index contributed by atoms with van der Waals surface area (Å²) in [5.74, 6) is 0.434. The van der Waals surface area contributed by atoms with Gasteiger partial charge in [-0.1, -0.05) is 19.9 Å². The molecule has 0 unspecified atom stereocenters. The van der Waals surface area contributed by atoms with Crippen LogP contribution in [0.15, 0.2) is 42.7 Å². The average molecular weight is 280 g/mol. The largest absolute Gasteiger partial charge is 0.381 e. The van der Waals surface area contributed by atoms with Crippen molar-refractivity contribution in [2.75, 3.05) is 5.32 Å².